The lowest BCUT2D eigenvalue weighted by Crippen LogP contribution is -2.32. The number of rotatable bonds is 6. The molecule has 1 aromatic heterocycles. The number of hydrogen-bond donors (Lipinski definition) is 2. The largest absolute Gasteiger partial charge is 0.387 e. The molecule has 0 saturated carbocycles. The summed E-state index contributed by atoms with van der Waals surface area (Å²) in [4.78, 5) is 2.48. The van der Waals surface area contributed by atoms with Gasteiger partial charge in [0.15, 0.2) is 0 Å². The second-order valence-electron chi connectivity index (χ2n) is 4.33. The second-order valence-corrected chi connectivity index (χ2v) is 5.11. The first kappa shape index (κ1) is 12.0. The van der Waals surface area contributed by atoms with Gasteiger partial charge in [-0.05, 0) is 48.3 Å². The smallest absolute Gasteiger partial charge is 0.0922 e. The number of hydrogen-bond acceptors (Lipinski definition) is 4. The van der Waals surface area contributed by atoms with Crippen LogP contribution in [0.4, 0.5) is 0 Å². The molecule has 2 rings (SSSR count). The van der Waals surface area contributed by atoms with Crippen LogP contribution < -0.4 is 5.32 Å². The van der Waals surface area contributed by atoms with Gasteiger partial charge in [-0.3, -0.25) is 0 Å². The fourth-order valence-corrected chi connectivity index (χ4v) is 2.77. The Morgan fingerprint density at radius 3 is 2.94 bits per heavy atom. The molecule has 1 atom stereocenters. The maximum absolute atomic E-state index is 9.83. The molecule has 1 aliphatic heterocycles. The summed E-state index contributed by atoms with van der Waals surface area (Å²) in [6.07, 6.45) is 2.33. The molecule has 1 aliphatic rings. The van der Waals surface area contributed by atoms with E-state index in [4.69, 9.17) is 0 Å². The number of aliphatic hydroxyl groups excluding tert-OH is 1. The van der Waals surface area contributed by atoms with E-state index in [2.05, 4.69) is 10.2 Å². The molecule has 16 heavy (non-hydrogen) atoms. The van der Waals surface area contributed by atoms with Crippen LogP contribution >= 0.6 is 11.3 Å². The monoisotopic (exact) mass is 240 g/mol. The van der Waals surface area contributed by atoms with Gasteiger partial charge in [-0.25, -0.2) is 0 Å². The third kappa shape index (κ3) is 3.56. The van der Waals surface area contributed by atoms with Gasteiger partial charge in [0.1, 0.15) is 0 Å². The van der Waals surface area contributed by atoms with Crippen LogP contribution in [0.15, 0.2) is 16.8 Å². The van der Waals surface area contributed by atoms with Gasteiger partial charge in [0.05, 0.1) is 6.10 Å². The highest BCUT2D eigenvalue weighted by Gasteiger charge is 2.11. The molecule has 0 spiro atoms. The Kier molecular flexibility index (Phi) is 4.78. The fraction of sp³-hybridized carbons (Fsp3) is 0.667. The normalized spacial score (nSPS) is 19.1. The molecule has 2 heterocycles. The predicted octanol–water partition coefficient (Wildman–Crippen LogP) is 1.47. The van der Waals surface area contributed by atoms with Crippen molar-refractivity contribution < 1.29 is 5.11 Å². The van der Waals surface area contributed by atoms with Crippen molar-refractivity contribution in [2.45, 2.75) is 18.9 Å². The predicted molar refractivity (Wildman–Crippen MR) is 67.8 cm³/mol. The van der Waals surface area contributed by atoms with Crippen LogP contribution in [0, 0.1) is 0 Å². The van der Waals surface area contributed by atoms with Gasteiger partial charge in [0, 0.05) is 19.6 Å². The average Bonchev–Trinajstić information content (AvgIpc) is 2.96. The Labute approximate surface area is 101 Å². The zero-order valence-corrected chi connectivity index (χ0v) is 10.4. The number of likely N-dealkylation sites (tertiary alicyclic amines) is 1. The van der Waals surface area contributed by atoms with Crippen molar-refractivity contribution in [1.29, 1.82) is 0 Å². The van der Waals surface area contributed by atoms with E-state index in [0.29, 0.717) is 6.54 Å². The molecule has 2 N–H and O–H groups in total. The molecule has 90 valence electrons. The molecule has 0 bridgehead atoms. The molecular formula is C12H20N2OS. The summed E-state index contributed by atoms with van der Waals surface area (Å²) in [5.41, 5.74) is 1.03. The van der Waals surface area contributed by atoms with Crippen molar-refractivity contribution in [3.05, 3.63) is 22.4 Å². The Balaban J connectivity index is 1.57. The van der Waals surface area contributed by atoms with Crippen LogP contribution in [0.3, 0.4) is 0 Å². The maximum Gasteiger partial charge on any atom is 0.0922 e. The maximum atomic E-state index is 9.83. The van der Waals surface area contributed by atoms with E-state index in [-0.39, 0.29) is 6.10 Å². The molecule has 1 aromatic rings. The minimum atomic E-state index is -0.357. The minimum absolute atomic E-state index is 0.357. The van der Waals surface area contributed by atoms with Crippen molar-refractivity contribution in [3.63, 3.8) is 0 Å². The first-order chi connectivity index (χ1) is 7.86. The van der Waals surface area contributed by atoms with Crippen molar-refractivity contribution in [2.24, 2.45) is 0 Å². The van der Waals surface area contributed by atoms with Crippen molar-refractivity contribution >= 4 is 11.3 Å². The summed E-state index contributed by atoms with van der Waals surface area (Å²) in [6, 6.07) is 1.98. The molecular weight excluding hydrogens is 220 g/mol. The van der Waals surface area contributed by atoms with Crippen LogP contribution in [0.25, 0.3) is 0 Å². The molecule has 1 fully saturated rings. The highest BCUT2D eigenvalue weighted by molar-refractivity contribution is 7.07. The molecule has 0 aliphatic carbocycles. The zero-order valence-electron chi connectivity index (χ0n) is 9.56. The van der Waals surface area contributed by atoms with Gasteiger partial charge in [0.2, 0.25) is 0 Å². The van der Waals surface area contributed by atoms with E-state index in [1.807, 2.05) is 16.8 Å². The Morgan fingerprint density at radius 1 is 1.44 bits per heavy atom. The first-order valence-electron chi connectivity index (χ1n) is 5.99. The van der Waals surface area contributed by atoms with Crippen molar-refractivity contribution in [3.8, 4) is 0 Å². The van der Waals surface area contributed by atoms with Gasteiger partial charge < -0.3 is 15.3 Å². The minimum Gasteiger partial charge on any atom is -0.387 e. The standard InChI is InChI=1S/C12H20N2OS/c15-12(11-3-8-16-10-11)9-13-4-7-14-5-1-2-6-14/h3,8,10,12-13,15H,1-2,4-7,9H2. The fourth-order valence-electron chi connectivity index (χ4n) is 2.06. The highest BCUT2D eigenvalue weighted by Crippen LogP contribution is 2.14. The van der Waals surface area contributed by atoms with Crippen molar-refractivity contribution in [2.75, 3.05) is 32.7 Å². The SMILES string of the molecule is OC(CNCCN1CCCC1)c1ccsc1. The number of nitrogens with one attached hydrogen (secondary N) is 1. The molecule has 4 heteroatoms. The van der Waals surface area contributed by atoms with Crippen LogP contribution in [-0.2, 0) is 0 Å². The van der Waals surface area contributed by atoms with Gasteiger partial charge >= 0.3 is 0 Å². The second kappa shape index (κ2) is 6.35. The highest BCUT2D eigenvalue weighted by atomic mass is 32.1. The summed E-state index contributed by atoms with van der Waals surface area (Å²) >= 11 is 1.63. The number of aliphatic hydroxyl groups is 1. The van der Waals surface area contributed by atoms with E-state index >= 15 is 0 Å². The van der Waals surface area contributed by atoms with Gasteiger partial charge in [-0.1, -0.05) is 0 Å². The van der Waals surface area contributed by atoms with E-state index in [9.17, 15) is 5.11 Å². The van der Waals surface area contributed by atoms with Crippen LogP contribution in [0.5, 0.6) is 0 Å². The quantitative estimate of drug-likeness (QED) is 0.739. The van der Waals surface area contributed by atoms with E-state index < -0.39 is 0 Å². The Hall–Kier alpha value is -0.420. The molecule has 3 nitrogen and oxygen atoms in total. The molecule has 0 radical (unpaired) electrons. The summed E-state index contributed by atoms with van der Waals surface area (Å²) in [6.45, 7) is 5.23. The number of thiophene rings is 1. The van der Waals surface area contributed by atoms with Crippen molar-refractivity contribution in [1.82, 2.24) is 10.2 Å². The Bertz CT molecular complexity index is 283. The average molecular weight is 240 g/mol. The van der Waals surface area contributed by atoms with Gasteiger partial charge in [-0.15, -0.1) is 0 Å². The molecule has 1 unspecified atom stereocenters. The lowest BCUT2D eigenvalue weighted by Gasteiger charge is -2.16. The van der Waals surface area contributed by atoms with E-state index in [0.717, 1.165) is 18.7 Å². The van der Waals surface area contributed by atoms with Crippen LogP contribution in [0.2, 0.25) is 0 Å². The summed E-state index contributed by atoms with van der Waals surface area (Å²) in [7, 11) is 0. The lowest BCUT2D eigenvalue weighted by atomic mass is 10.2. The zero-order chi connectivity index (χ0) is 11.2. The van der Waals surface area contributed by atoms with Crippen LogP contribution in [-0.4, -0.2) is 42.7 Å². The third-order valence-electron chi connectivity index (χ3n) is 3.07. The van der Waals surface area contributed by atoms with E-state index in [1.165, 1.54) is 25.9 Å². The molecule has 0 aromatic carbocycles. The number of nitrogens with zero attached hydrogens (tertiary/aromatic N) is 1. The van der Waals surface area contributed by atoms with Crippen LogP contribution in [0.1, 0.15) is 24.5 Å². The Morgan fingerprint density at radius 2 is 2.25 bits per heavy atom. The summed E-state index contributed by atoms with van der Waals surface area (Å²) in [5.74, 6) is 0. The molecule has 0 amide bonds. The third-order valence-corrected chi connectivity index (χ3v) is 3.77. The summed E-state index contributed by atoms with van der Waals surface area (Å²) in [5, 5.41) is 17.2. The van der Waals surface area contributed by atoms with Gasteiger partial charge in [-0.2, -0.15) is 11.3 Å². The van der Waals surface area contributed by atoms with Gasteiger partial charge in [0.25, 0.3) is 0 Å². The van der Waals surface area contributed by atoms with E-state index in [1.54, 1.807) is 11.3 Å². The first-order valence-corrected chi connectivity index (χ1v) is 6.94. The summed E-state index contributed by atoms with van der Waals surface area (Å²) < 4.78 is 0. The molecule has 1 saturated heterocycles. The lowest BCUT2D eigenvalue weighted by molar-refractivity contribution is 0.173. The topological polar surface area (TPSA) is 35.5 Å².